The van der Waals surface area contributed by atoms with Gasteiger partial charge in [-0.2, -0.15) is 0 Å². The van der Waals surface area contributed by atoms with Crippen LogP contribution in [-0.2, 0) is 4.79 Å². The Balaban J connectivity index is 1.82. The zero-order valence-corrected chi connectivity index (χ0v) is 13.6. The first-order chi connectivity index (χ1) is 12.0. The minimum absolute atomic E-state index is 0.0145. The number of hydrogen-bond acceptors (Lipinski definition) is 4. The lowest BCUT2D eigenvalue weighted by Gasteiger charge is -2.13. The highest BCUT2D eigenvalue weighted by Gasteiger charge is 2.30. The fourth-order valence-corrected chi connectivity index (χ4v) is 2.50. The topological polar surface area (TPSA) is 101 Å². The van der Waals surface area contributed by atoms with Gasteiger partial charge in [-0.25, -0.2) is 0 Å². The first kappa shape index (κ1) is 16.6. The molecule has 0 saturated heterocycles. The molecule has 25 heavy (non-hydrogen) atoms. The van der Waals surface area contributed by atoms with Gasteiger partial charge in [0.25, 0.3) is 11.6 Å². The maximum atomic E-state index is 12.4. The van der Waals surface area contributed by atoms with E-state index in [1.807, 2.05) is 0 Å². The van der Waals surface area contributed by atoms with Crippen molar-refractivity contribution in [2.45, 2.75) is 19.8 Å². The van der Waals surface area contributed by atoms with Crippen molar-refractivity contribution in [1.29, 1.82) is 0 Å². The third-order valence-electron chi connectivity index (χ3n) is 4.13. The highest BCUT2D eigenvalue weighted by Crippen LogP contribution is 2.32. The lowest BCUT2D eigenvalue weighted by molar-refractivity contribution is -0.385. The van der Waals surface area contributed by atoms with E-state index in [1.165, 1.54) is 18.2 Å². The van der Waals surface area contributed by atoms with Crippen LogP contribution >= 0.6 is 0 Å². The van der Waals surface area contributed by atoms with E-state index in [4.69, 9.17) is 0 Å². The quantitative estimate of drug-likeness (QED) is 0.643. The summed E-state index contributed by atoms with van der Waals surface area (Å²) in [7, 11) is 0. The van der Waals surface area contributed by atoms with Crippen molar-refractivity contribution in [3.8, 4) is 0 Å². The van der Waals surface area contributed by atoms with Crippen LogP contribution < -0.4 is 10.6 Å². The Morgan fingerprint density at radius 3 is 2.32 bits per heavy atom. The Kier molecular flexibility index (Phi) is 4.47. The number of nitrogens with zero attached hydrogens (tertiary/aromatic N) is 1. The number of rotatable bonds is 5. The third kappa shape index (κ3) is 3.65. The second-order valence-electron chi connectivity index (χ2n) is 5.97. The van der Waals surface area contributed by atoms with Crippen molar-refractivity contribution in [3.05, 3.63) is 63.7 Å². The molecule has 0 aromatic heterocycles. The van der Waals surface area contributed by atoms with Crippen molar-refractivity contribution in [1.82, 2.24) is 0 Å². The molecule has 7 nitrogen and oxygen atoms in total. The largest absolute Gasteiger partial charge is 0.326 e. The van der Waals surface area contributed by atoms with E-state index >= 15 is 0 Å². The molecule has 0 heterocycles. The Hall–Kier alpha value is -3.22. The molecule has 1 saturated carbocycles. The standard InChI is InChI=1S/C18H17N3O4/c1-11-14(19-17(22)12-9-10-12)6-4-7-15(11)20-18(23)13-5-2-3-8-16(13)21(24)25/h2-8,12H,9-10H2,1H3,(H,19,22)(H,20,23). The molecule has 1 aliphatic carbocycles. The van der Waals surface area contributed by atoms with E-state index in [2.05, 4.69) is 10.6 Å². The summed E-state index contributed by atoms with van der Waals surface area (Å²) in [4.78, 5) is 34.8. The number of carbonyl (C=O) groups is 2. The van der Waals surface area contributed by atoms with E-state index < -0.39 is 10.8 Å². The van der Waals surface area contributed by atoms with Crippen LogP contribution in [0.4, 0.5) is 17.1 Å². The summed E-state index contributed by atoms with van der Waals surface area (Å²) in [5.41, 5.74) is 1.55. The molecule has 0 radical (unpaired) electrons. The van der Waals surface area contributed by atoms with Crippen molar-refractivity contribution >= 4 is 28.9 Å². The average Bonchev–Trinajstić information content (AvgIpc) is 3.43. The number of hydrogen-bond donors (Lipinski definition) is 2. The molecule has 2 N–H and O–H groups in total. The number of nitrogens with one attached hydrogen (secondary N) is 2. The van der Waals surface area contributed by atoms with E-state index in [-0.39, 0.29) is 23.1 Å². The lowest BCUT2D eigenvalue weighted by Crippen LogP contribution is -2.17. The van der Waals surface area contributed by atoms with Crippen LogP contribution in [0.2, 0.25) is 0 Å². The Labute approximate surface area is 144 Å². The van der Waals surface area contributed by atoms with Gasteiger partial charge in [0.05, 0.1) is 4.92 Å². The van der Waals surface area contributed by atoms with Crippen LogP contribution in [0, 0.1) is 23.0 Å². The summed E-state index contributed by atoms with van der Waals surface area (Å²) in [6.07, 6.45) is 1.80. The molecule has 2 amide bonds. The normalized spacial score (nSPS) is 13.2. The molecular weight excluding hydrogens is 322 g/mol. The van der Waals surface area contributed by atoms with Crippen molar-refractivity contribution < 1.29 is 14.5 Å². The number of para-hydroxylation sites is 1. The predicted octanol–water partition coefficient (Wildman–Crippen LogP) is 3.50. The molecule has 0 atom stereocenters. The summed E-state index contributed by atoms with van der Waals surface area (Å²) in [6.45, 7) is 1.78. The van der Waals surface area contributed by atoms with Gasteiger partial charge < -0.3 is 10.6 Å². The van der Waals surface area contributed by atoms with E-state index in [0.29, 0.717) is 16.9 Å². The molecule has 0 unspecified atom stereocenters. The lowest BCUT2D eigenvalue weighted by atomic mass is 10.1. The monoisotopic (exact) mass is 339 g/mol. The summed E-state index contributed by atoms with van der Waals surface area (Å²) in [5, 5.41) is 16.6. The molecule has 7 heteroatoms. The van der Waals surface area contributed by atoms with Crippen molar-refractivity contribution in [3.63, 3.8) is 0 Å². The summed E-state index contributed by atoms with van der Waals surface area (Å²) >= 11 is 0. The van der Waals surface area contributed by atoms with Gasteiger partial charge in [-0.1, -0.05) is 18.2 Å². The number of carbonyl (C=O) groups excluding carboxylic acids is 2. The number of nitro benzene ring substituents is 1. The summed E-state index contributed by atoms with van der Waals surface area (Å²) in [6, 6.07) is 10.9. The zero-order valence-electron chi connectivity index (χ0n) is 13.6. The van der Waals surface area contributed by atoms with Gasteiger partial charge in [-0.05, 0) is 43.5 Å². The van der Waals surface area contributed by atoms with Crippen LogP contribution in [0.25, 0.3) is 0 Å². The fourth-order valence-electron chi connectivity index (χ4n) is 2.50. The van der Waals surface area contributed by atoms with E-state index in [0.717, 1.165) is 12.8 Å². The SMILES string of the molecule is Cc1c(NC(=O)c2ccccc2[N+](=O)[O-])cccc1NC(=O)C1CC1. The number of benzene rings is 2. The molecule has 3 rings (SSSR count). The smallest absolute Gasteiger partial charge is 0.282 e. The summed E-state index contributed by atoms with van der Waals surface area (Å²) in [5.74, 6) is -0.518. The number of nitro groups is 1. The van der Waals surface area contributed by atoms with Gasteiger partial charge in [-0.3, -0.25) is 19.7 Å². The van der Waals surface area contributed by atoms with E-state index in [1.54, 1.807) is 31.2 Å². The van der Waals surface area contributed by atoms with Gasteiger partial charge >= 0.3 is 0 Å². The first-order valence-electron chi connectivity index (χ1n) is 7.92. The van der Waals surface area contributed by atoms with Gasteiger partial charge in [0.2, 0.25) is 5.91 Å². The number of anilines is 2. The Morgan fingerprint density at radius 2 is 1.68 bits per heavy atom. The van der Waals surface area contributed by atoms with Crippen LogP contribution in [0.5, 0.6) is 0 Å². The van der Waals surface area contributed by atoms with Crippen LogP contribution in [0.15, 0.2) is 42.5 Å². The molecule has 128 valence electrons. The second kappa shape index (κ2) is 6.72. The van der Waals surface area contributed by atoms with Crippen molar-refractivity contribution in [2.24, 2.45) is 5.92 Å². The highest BCUT2D eigenvalue weighted by atomic mass is 16.6. The molecule has 1 aliphatic rings. The van der Waals surface area contributed by atoms with Crippen LogP contribution in [0.1, 0.15) is 28.8 Å². The average molecular weight is 339 g/mol. The highest BCUT2D eigenvalue weighted by molar-refractivity contribution is 6.08. The van der Waals surface area contributed by atoms with Crippen LogP contribution in [0.3, 0.4) is 0 Å². The molecule has 0 aliphatic heterocycles. The maximum Gasteiger partial charge on any atom is 0.282 e. The van der Waals surface area contributed by atoms with Gasteiger partial charge in [0, 0.05) is 23.4 Å². The minimum atomic E-state index is -0.589. The molecule has 1 fully saturated rings. The Bertz CT molecular complexity index is 859. The molecule has 2 aromatic rings. The molecule has 0 bridgehead atoms. The predicted molar refractivity (Wildman–Crippen MR) is 93.6 cm³/mol. The maximum absolute atomic E-state index is 12.4. The molecular formula is C18H17N3O4. The molecule has 2 aromatic carbocycles. The molecule has 0 spiro atoms. The van der Waals surface area contributed by atoms with Crippen molar-refractivity contribution in [2.75, 3.05) is 10.6 Å². The van der Waals surface area contributed by atoms with E-state index in [9.17, 15) is 19.7 Å². The third-order valence-corrected chi connectivity index (χ3v) is 4.13. The van der Waals surface area contributed by atoms with Gasteiger partial charge in [-0.15, -0.1) is 0 Å². The van der Waals surface area contributed by atoms with Gasteiger partial charge in [0.1, 0.15) is 5.56 Å². The second-order valence-corrected chi connectivity index (χ2v) is 5.97. The first-order valence-corrected chi connectivity index (χ1v) is 7.92. The van der Waals surface area contributed by atoms with Crippen LogP contribution in [-0.4, -0.2) is 16.7 Å². The zero-order chi connectivity index (χ0) is 18.0. The number of amides is 2. The minimum Gasteiger partial charge on any atom is -0.326 e. The summed E-state index contributed by atoms with van der Waals surface area (Å²) < 4.78 is 0. The Morgan fingerprint density at radius 1 is 1.04 bits per heavy atom. The van der Waals surface area contributed by atoms with Gasteiger partial charge in [0.15, 0.2) is 0 Å². The fraction of sp³-hybridized carbons (Fsp3) is 0.222.